The zero-order valence-electron chi connectivity index (χ0n) is 8.81. The molecule has 1 atom stereocenters. The lowest BCUT2D eigenvalue weighted by Crippen LogP contribution is -2.31. The monoisotopic (exact) mass is 198 g/mol. The van der Waals surface area contributed by atoms with Crippen molar-refractivity contribution in [2.24, 2.45) is 0 Å². The van der Waals surface area contributed by atoms with Crippen molar-refractivity contribution in [3.8, 4) is 0 Å². The van der Waals surface area contributed by atoms with Gasteiger partial charge in [0.15, 0.2) is 0 Å². The van der Waals surface area contributed by atoms with Crippen LogP contribution in [-0.4, -0.2) is 41.3 Å². The van der Waals surface area contributed by atoms with Crippen LogP contribution in [-0.2, 0) is 11.3 Å². The summed E-state index contributed by atoms with van der Waals surface area (Å²) in [7, 11) is 1.72. The molecule has 1 aromatic rings. The van der Waals surface area contributed by atoms with Gasteiger partial charge in [0.25, 0.3) is 0 Å². The molecule has 0 aliphatic rings. The van der Waals surface area contributed by atoms with Crippen molar-refractivity contribution in [3.63, 3.8) is 0 Å². The average molecular weight is 198 g/mol. The van der Waals surface area contributed by atoms with Gasteiger partial charge in [0.2, 0.25) is 0 Å². The number of nitrogens with one attached hydrogen (secondary N) is 1. The Hall–Kier alpha value is -0.940. The van der Waals surface area contributed by atoms with Gasteiger partial charge in [-0.25, -0.2) is 0 Å². The third-order valence-corrected chi connectivity index (χ3v) is 1.95. The molecule has 0 radical (unpaired) electrons. The van der Waals surface area contributed by atoms with Crippen LogP contribution in [0.4, 0.5) is 0 Å². The molecule has 0 aliphatic heterocycles. The van der Waals surface area contributed by atoms with Crippen LogP contribution in [0.5, 0.6) is 0 Å². The van der Waals surface area contributed by atoms with E-state index < -0.39 is 0 Å². The smallest absolute Gasteiger partial charge is 0.0692 e. The van der Waals surface area contributed by atoms with E-state index in [1.807, 2.05) is 10.9 Å². The zero-order chi connectivity index (χ0) is 10.2. The standard InChI is InChI=1S/C9H18N4O/c1-9(8-14-2)10-4-3-6-13-7-5-11-12-13/h5,7,9-10H,3-4,6,8H2,1-2H3. The summed E-state index contributed by atoms with van der Waals surface area (Å²) in [4.78, 5) is 0. The highest BCUT2D eigenvalue weighted by atomic mass is 16.5. The molecule has 80 valence electrons. The first-order valence-electron chi connectivity index (χ1n) is 4.89. The highest BCUT2D eigenvalue weighted by Gasteiger charge is 1.98. The highest BCUT2D eigenvalue weighted by molar-refractivity contribution is 4.64. The van der Waals surface area contributed by atoms with E-state index in [1.54, 1.807) is 13.3 Å². The van der Waals surface area contributed by atoms with Crippen LogP contribution in [0.2, 0.25) is 0 Å². The summed E-state index contributed by atoms with van der Waals surface area (Å²) in [6.45, 7) is 4.75. The molecular formula is C9H18N4O. The fraction of sp³-hybridized carbons (Fsp3) is 0.778. The van der Waals surface area contributed by atoms with Gasteiger partial charge in [0.05, 0.1) is 12.8 Å². The predicted molar refractivity (Wildman–Crippen MR) is 54.0 cm³/mol. The maximum atomic E-state index is 5.02. The Kier molecular flexibility index (Phi) is 5.17. The second-order valence-corrected chi connectivity index (χ2v) is 3.33. The summed E-state index contributed by atoms with van der Waals surface area (Å²) >= 11 is 0. The SMILES string of the molecule is COCC(C)NCCCn1ccnn1. The fourth-order valence-electron chi connectivity index (χ4n) is 1.25. The molecule has 1 rings (SSSR count). The molecule has 0 fully saturated rings. The largest absolute Gasteiger partial charge is 0.383 e. The number of hydrogen-bond donors (Lipinski definition) is 1. The molecule has 5 nitrogen and oxygen atoms in total. The van der Waals surface area contributed by atoms with Gasteiger partial charge >= 0.3 is 0 Å². The minimum atomic E-state index is 0.413. The van der Waals surface area contributed by atoms with Gasteiger partial charge in [-0.1, -0.05) is 5.21 Å². The van der Waals surface area contributed by atoms with Crippen molar-refractivity contribution < 1.29 is 4.74 Å². The molecule has 1 unspecified atom stereocenters. The minimum absolute atomic E-state index is 0.413. The van der Waals surface area contributed by atoms with E-state index in [0.717, 1.165) is 26.1 Å². The van der Waals surface area contributed by atoms with Gasteiger partial charge in [-0.3, -0.25) is 4.68 Å². The van der Waals surface area contributed by atoms with Gasteiger partial charge in [-0.2, -0.15) is 0 Å². The van der Waals surface area contributed by atoms with E-state index in [2.05, 4.69) is 22.6 Å². The Labute approximate surface area is 84.4 Å². The lowest BCUT2D eigenvalue weighted by Gasteiger charge is -2.11. The van der Waals surface area contributed by atoms with Crippen molar-refractivity contribution in [2.45, 2.75) is 25.9 Å². The third-order valence-electron chi connectivity index (χ3n) is 1.95. The van der Waals surface area contributed by atoms with E-state index in [4.69, 9.17) is 4.74 Å². The van der Waals surface area contributed by atoms with Crippen LogP contribution in [0, 0.1) is 0 Å². The number of aryl methyl sites for hydroxylation is 1. The molecule has 1 aromatic heterocycles. The predicted octanol–water partition coefficient (Wildman–Crippen LogP) is 0.293. The van der Waals surface area contributed by atoms with Crippen molar-refractivity contribution in [3.05, 3.63) is 12.4 Å². The quantitative estimate of drug-likeness (QED) is 0.640. The first-order chi connectivity index (χ1) is 6.83. The molecule has 5 heteroatoms. The third kappa shape index (κ3) is 4.34. The Morgan fingerprint density at radius 1 is 1.57 bits per heavy atom. The Morgan fingerprint density at radius 2 is 2.43 bits per heavy atom. The Morgan fingerprint density at radius 3 is 3.07 bits per heavy atom. The number of methoxy groups -OCH3 is 1. The highest BCUT2D eigenvalue weighted by Crippen LogP contribution is 1.88. The Balaban J connectivity index is 1.99. The molecule has 1 N–H and O–H groups in total. The molecule has 0 saturated carbocycles. The summed E-state index contributed by atoms with van der Waals surface area (Å²) in [5, 5.41) is 11.0. The maximum absolute atomic E-state index is 5.02. The second-order valence-electron chi connectivity index (χ2n) is 3.33. The lowest BCUT2D eigenvalue weighted by atomic mass is 10.3. The van der Waals surface area contributed by atoms with E-state index in [1.165, 1.54) is 0 Å². The molecule has 0 spiro atoms. The van der Waals surface area contributed by atoms with E-state index in [0.29, 0.717) is 6.04 Å². The van der Waals surface area contributed by atoms with Crippen molar-refractivity contribution in [1.82, 2.24) is 20.3 Å². The molecule has 0 bridgehead atoms. The van der Waals surface area contributed by atoms with E-state index in [9.17, 15) is 0 Å². The number of rotatable bonds is 7. The first kappa shape index (κ1) is 11.1. The van der Waals surface area contributed by atoms with Crippen LogP contribution in [0.1, 0.15) is 13.3 Å². The number of aromatic nitrogens is 3. The van der Waals surface area contributed by atoms with Crippen molar-refractivity contribution >= 4 is 0 Å². The second kappa shape index (κ2) is 6.50. The van der Waals surface area contributed by atoms with Gasteiger partial charge in [0, 0.05) is 25.9 Å². The Bertz CT molecular complexity index is 225. The average Bonchev–Trinajstić information content (AvgIpc) is 2.65. The van der Waals surface area contributed by atoms with Crippen LogP contribution < -0.4 is 5.32 Å². The molecule has 0 aromatic carbocycles. The molecule has 14 heavy (non-hydrogen) atoms. The van der Waals surface area contributed by atoms with E-state index >= 15 is 0 Å². The number of nitrogens with zero attached hydrogens (tertiary/aromatic N) is 3. The van der Waals surface area contributed by atoms with Gasteiger partial charge in [0.1, 0.15) is 0 Å². The summed E-state index contributed by atoms with van der Waals surface area (Å²) in [5.41, 5.74) is 0. The normalized spacial score (nSPS) is 13.0. The number of ether oxygens (including phenoxy) is 1. The summed E-state index contributed by atoms with van der Waals surface area (Å²) in [6, 6.07) is 0.413. The molecule has 1 heterocycles. The topological polar surface area (TPSA) is 52.0 Å². The summed E-state index contributed by atoms with van der Waals surface area (Å²) in [5.74, 6) is 0. The van der Waals surface area contributed by atoms with Gasteiger partial charge in [-0.15, -0.1) is 5.10 Å². The van der Waals surface area contributed by atoms with Crippen LogP contribution in [0.15, 0.2) is 12.4 Å². The lowest BCUT2D eigenvalue weighted by molar-refractivity contribution is 0.172. The fourth-order valence-corrected chi connectivity index (χ4v) is 1.25. The van der Waals surface area contributed by atoms with Crippen LogP contribution in [0.3, 0.4) is 0 Å². The maximum Gasteiger partial charge on any atom is 0.0692 e. The summed E-state index contributed by atoms with van der Waals surface area (Å²) < 4.78 is 6.85. The molecule has 0 saturated heterocycles. The van der Waals surface area contributed by atoms with Gasteiger partial charge in [-0.05, 0) is 19.9 Å². The molecule has 0 aliphatic carbocycles. The summed E-state index contributed by atoms with van der Waals surface area (Å²) in [6.07, 6.45) is 4.62. The number of hydrogen-bond acceptors (Lipinski definition) is 4. The van der Waals surface area contributed by atoms with E-state index in [-0.39, 0.29) is 0 Å². The molecular weight excluding hydrogens is 180 g/mol. The van der Waals surface area contributed by atoms with Crippen molar-refractivity contribution in [1.29, 1.82) is 0 Å². The molecule has 0 amide bonds. The first-order valence-corrected chi connectivity index (χ1v) is 4.89. The van der Waals surface area contributed by atoms with Crippen LogP contribution in [0.25, 0.3) is 0 Å². The minimum Gasteiger partial charge on any atom is -0.383 e. The van der Waals surface area contributed by atoms with Gasteiger partial charge < -0.3 is 10.1 Å². The zero-order valence-corrected chi connectivity index (χ0v) is 8.81. The van der Waals surface area contributed by atoms with Crippen LogP contribution >= 0.6 is 0 Å². The van der Waals surface area contributed by atoms with Crippen molar-refractivity contribution in [2.75, 3.05) is 20.3 Å².